The number of hydrogen-bond donors (Lipinski definition) is 1. The van der Waals surface area contributed by atoms with Gasteiger partial charge in [-0.3, -0.25) is 14.5 Å². The largest absolute Gasteiger partial charge is 0.458 e. The van der Waals surface area contributed by atoms with E-state index < -0.39 is 17.5 Å². The molecular weight excluding hydrogens is 380 g/mol. The fourth-order valence-corrected chi connectivity index (χ4v) is 3.88. The van der Waals surface area contributed by atoms with Gasteiger partial charge in [0, 0.05) is 10.9 Å². The Labute approximate surface area is 174 Å². The molecule has 0 aliphatic carbocycles. The van der Waals surface area contributed by atoms with Crippen LogP contribution >= 0.6 is 0 Å². The van der Waals surface area contributed by atoms with Gasteiger partial charge in [0.2, 0.25) is 0 Å². The smallest absolute Gasteiger partial charge is 0.325 e. The summed E-state index contributed by atoms with van der Waals surface area (Å²) < 4.78 is 5.83. The lowest BCUT2D eigenvalue weighted by molar-refractivity contribution is -0.131. The average Bonchev–Trinajstić information content (AvgIpc) is 3.29. The van der Waals surface area contributed by atoms with Gasteiger partial charge < -0.3 is 9.73 Å². The summed E-state index contributed by atoms with van der Waals surface area (Å²) in [6.07, 6.45) is 1.50. The number of benzene rings is 2. The van der Waals surface area contributed by atoms with E-state index in [-0.39, 0.29) is 12.3 Å². The van der Waals surface area contributed by atoms with E-state index in [0.29, 0.717) is 23.3 Å². The summed E-state index contributed by atoms with van der Waals surface area (Å²) in [4.78, 5) is 39.8. The van der Waals surface area contributed by atoms with Crippen LogP contribution in [0.4, 0.5) is 4.79 Å². The topological polar surface area (TPSA) is 79.6 Å². The molecule has 6 heteroatoms. The summed E-state index contributed by atoms with van der Waals surface area (Å²) in [6.45, 7) is 5.29. The Bertz CT molecular complexity index is 1130. The number of para-hydroxylation sites is 1. The number of urea groups is 1. The summed E-state index contributed by atoms with van der Waals surface area (Å²) in [5.41, 5.74) is 1.79. The normalized spacial score (nSPS) is 18.8. The Morgan fingerprint density at radius 3 is 2.53 bits per heavy atom. The van der Waals surface area contributed by atoms with Gasteiger partial charge in [-0.2, -0.15) is 0 Å². The van der Waals surface area contributed by atoms with Crippen molar-refractivity contribution in [2.75, 3.05) is 6.54 Å². The summed E-state index contributed by atoms with van der Waals surface area (Å²) in [7, 11) is 0. The molecule has 0 saturated carbocycles. The zero-order valence-electron chi connectivity index (χ0n) is 17.3. The first-order valence-corrected chi connectivity index (χ1v) is 10.2. The maximum Gasteiger partial charge on any atom is 0.325 e. The predicted molar refractivity (Wildman–Crippen MR) is 113 cm³/mol. The van der Waals surface area contributed by atoms with Crippen LogP contribution in [0.15, 0.2) is 52.9 Å². The fourth-order valence-electron chi connectivity index (χ4n) is 3.88. The number of nitrogens with one attached hydrogen (secondary N) is 1. The predicted octanol–water partition coefficient (Wildman–Crippen LogP) is 4.21. The highest BCUT2D eigenvalue weighted by Crippen LogP contribution is 2.33. The number of fused-ring (bicyclic) bond motifs is 1. The number of Topliss-reactive ketones (excluding diaryl/α,β-unsaturated/α-hetero) is 1. The minimum Gasteiger partial charge on any atom is -0.458 e. The molecule has 1 aliphatic heterocycles. The van der Waals surface area contributed by atoms with Crippen molar-refractivity contribution in [2.45, 2.75) is 39.2 Å². The van der Waals surface area contributed by atoms with E-state index in [1.165, 1.54) is 0 Å². The molecule has 2 heterocycles. The Hall–Kier alpha value is -3.41. The van der Waals surface area contributed by atoms with Gasteiger partial charge in [-0.15, -0.1) is 0 Å². The lowest BCUT2D eigenvalue weighted by atomic mass is 9.96. The number of imide groups is 1. The molecule has 6 nitrogen and oxygen atoms in total. The maximum absolute atomic E-state index is 13.2. The van der Waals surface area contributed by atoms with Crippen molar-refractivity contribution < 1.29 is 18.8 Å². The second kappa shape index (κ2) is 7.44. The van der Waals surface area contributed by atoms with Crippen molar-refractivity contribution in [1.29, 1.82) is 0 Å². The van der Waals surface area contributed by atoms with Gasteiger partial charge in [0.05, 0.1) is 6.54 Å². The van der Waals surface area contributed by atoms with Crippen LogP contribution < -0.4 is 5.32 Å². The number of rotatable bonds is 6. The van der Waals surface area contributed by atoms with Crippen LogP contribution in [-0.2, 0) is 23.2 Å². The molecule has 30 heavy (non-hydrogen) atoms. The van der Waals surface area contributed by atoms with Gasteiger partial charge in [0.1, 0.15) is 11.3 Å². The van der Waals surface area contributed by atoms with E-state index in [1.54, 1.807) is 19.1 Å². The molecule has 1 aromatic heterocycles. The highest BCUT2D eigenvalue weighted by atomic mass is 16.3. The SMILES string of the molecule is CCc1ccc(CC)c(C(=O)CN2C(=O)NC(C)(c3cc4ccccc4o3)C2=O)c1. The quantitative estimate of drug-likeness (QED) is 0.493. The van der Waals surface area contributed by atoms with Crippen LogP contribution in [0.5, 0.6) is 0 Å². The zero-order valence-corrected chi connectivity index (χ0v) is 17.3. The van der Waals surface area contributed by atoms with Crippen LogP contribution in [0.1, 0.15) is 48.0 Å². The minimum absolute atomic E-state index is 0.250. The Morgan fingerprint density at radius 2 is 1.83 bits per heavy atom. The Balaban J connectivity index is 1.62. The molecule has 1 atom stereocenters. The molecule has 2 aromatic carbocycles. The van der Waals surface area contributed by atoms with Gasteiger partial charge in [-0.05, 0) is 49.1 Å². The van der Waals surface area contributed by atoms with Crippen LogP contribution in [0.2, 0.25) is 0 Å². The first-order chi connectivity index (χ1) is 14.4. The third-order valence-corrected chi connectivity index (χ3v) is 5.76. The molecule has 154 valence electrons. The molecule has 4 rings (SSSR count). The Morgan fingerprint density at radius 1 is 1.07 bits per heavy atom. The highest BCUT2D eigenvalue weighted by molar-refractivity contribution is 6.11. The number of nitrogens with zero attached hydrogens (tertiary/aromatic N) is 1. The number of carbonyl (C=O) groups is 3. The lowest BCUT2D eigenvalue weighted by Gasteiger charge is -2.19. The monoisotopic (exact) mass is 404 g/mol. The van der Waals surface area contributed by atoms with Gasteiger partial charge in [-0.1, -0.05) is 44.2 Å². The van der Waals surface area contributed by atoms with E-state index in [2.05, 4.69) is 5.32 Å². The van der Waals surface area contributed by atoms with Crippen molar-refractivity contribution in [3.05, 3.63) is 71.0 Å². The first-order valence-electron chi connectivity index (χ1n) is 10.2. The molecule has 1 aliphatic rings. The zero-order chi connectivity index (χ0) is 21.5. The van der Waals surface area contributed by atoms with Crippen molar-refractivity contribution in [1.82, 2.24) is 10.2 Å². The van der Waals surface area contributed by atoms with Crippen LogP contribution in [0, 0.1) is 0 Å². The molecule has 3 aromatic rings. The molecule has 1 fully saturated rings. The van der Waals surface area contributed by atoms with Crippen molar-refractivity contribution in [3.63, 3.8) is 0 Å². The van der Waals surface area contributed by atoms with E-state index in [9.17, 15) is 14.4 Å². The number of ketones is 1. The van der Waals surface area contributed by atoms with Gasteiger partial charge >= 0.3 is 6.03 Å². The third kappa shape index (κ3) is 3.18. The van der Waals surface area contributed by atoms with Crippen molar-refractivity contribution >= 4 is 28.7 Å². The summed E-state index contributed by atoms with van der Waals surface area (Å²) in [6, 6.07) is 14.3. The maximum atomic E-state index is 13.2. The van der Waals surface area contributed by atoms with Crippen molar-refractivity contribution in [2.24, 2.45) is 0 Å². The third-order valence-electron chi connectivity index (χ3n) is 5.76. The summed E-state index contributed by atoms with van der Waals surface area (Å²) in [5, 5.41) is 3.55. The second-order valence-electron chi connectivity index (χ2n) is 7.72. The summed E-state index contributed by atoms with van der Waals surface area (Å²) >= 11 is 0. The van der Waals surface area contributed by atoms with Gasteiger partial charge in [0.15, 0.2) is 11.3 Å². The first kappa shape index (κ1) is 19.9. The molecule has 1 unspecified atom stereocenters. The number of hydrogen-bond acceptors (Lipinski definition) is 4. The highest BCUT2D eigenvalue weighted by Gasteiger charge is 2.51. The van der Waals surface area contributed by atoms with E-state index >= 15 is 0 Å². The molecule has 1 N–H and O–H groups in total. The molecule has 3 amide bonds. The molecule has 0 spiro atoms. The lowest BCUT2D eigenvalue weighted by Crippen LogP contribution is -2.41. The molecule has 0 bridgehead atoms. The standard InChI is InChI=1S/C24H24N2O4/c1-4-15-10-11-16(5-2)18(12-15)19(27)14-26-22(28)24(3,25-23(26)29)21-13-17-8-6-7-9-20(17)30-21/h6-13H,4-5,14H2,1-3H3,(H,25,29). The van der Waals surface area contributed by atoms with Gasteiger partial charge in [0.25, 0.3) is 5.91 Å². The second-order valence-corrected chi connectivity index (χ2v) is 7.72. The minimum atomic E-state index is -1.35. The molecule has 0 radical (unpaired) electrons. The number of furan rings is 1. The van der Waals surface area contributed by atoms with Crippen LogP contribution in [-0.4, -0.2) is 29.2 Å². The van der Waals surface area contributed by atoms with Crippen molar-refractivity contribution in [3.8, 4) is 0 Å². The van der Waals surface area contributed by atoms with Crippen LogP contribution in [0.25, 0.3) is 11.0 Å². The summed E-state index contributed by atoms with van der Waals surface area (Å²) in [5.74, 6) is -0.400. The molecule has 1 saturated heterocycles. The Kier molecular flexibility index (Phi) is 4.94. The van der Waals surface area contributed by atoms with E-state index in [1.807, 2.05) is 50.2 Å². The number of amides is 3. The molecular formula is C24H24N2O4. The van der Waals surface area contributed by atoms with E-state index in [0.717, 1.165) is 27.8 Å². The fraction of sp³-hybridized carbons (Fsp3) is 0.292. The number of aryl methyl sites for hydroxylation is 2. The number of carbonyl (C=O) groups excluding carboxylic acids is 3. The average molecular weight is 404 g/mol. The van der Waals surface area contributed by atoms with E-state index in [4.69, 9.17) is 4.42 Å². The van der Waals surface area contributed by atoms with Crippen LogP contribution in [0.3, 0.4) is 0 Å². The van der Waals surface area contributed by atoms with Gasteiger partial charge in [-0.25, -0.2) is 4.79 Å².